The van der Waals surface area contributed by atoms with Crippen LogP contribution < -0.4 is 19.3 Å². The highest BCUT2D eigenvalue weighted by molar-refractivity contribution is 6.06. The first kappa shape index (κ1) is 23.5. The van der Waals surface area contributed by atoms with Gasteiger partial charge in [-0.2, -0.15) is 13.2 Å². The summed E-state index contributed by atoms with van der Waals surface area (Å²) in [5.41, 5.74) is -3.28. The average Bonchev–Trinajstić information content (AvgIpc) is 2.69. The summed E-state index contributed by atoms with van der Waals surface area (Å²) in [5, 5.41) is 4.20. The molecule has 0 saturated heterocycles. The van der Waals surface area contributed by atoms with Crippen LogP contribution in [0.5, 0.6) is 17.2 Å². The number of H-pyrrole nitrogens is 1. The molecule has 3 aromatic rings. The van der Waals surface area contributed by atoms with Gasteiger partial charge in [0.05, 0.1) is 23.0 Å². The molecule has 33 heavy (non-hydrogen) atoms. The van der Waals surface area contributed by atoms with E-state index in [4.69, 9.17) is 4.74 Å². The number of ether oxygens (including phenoxy) is 2. The molecule has 1 amide bonds. The number of alkyl halides is 6. The molecule has 0 atom stereocenters. The van der Waals surface area contributed by atoms with Crippen molar-refractivity contribution >= 4 is 11.6 Å². The molecule has 0 aliphatic carbocycles. The van der Waals surface area contributed by atoms with Crippen LogP contribution in [0.4, 0.5) is 36.4 Å². The van der Waals surface area contributed by atoms with E-state index >= 15 is 0 Å². The minimum Gasteiger partial charge on any atom is -0.455 e. The van der Waals surface area contributed by atoms with E-state index in [-0.39, 0.29) is 16.0 Å². The Balaban J connectivity index is 1.97. The Morgan fingerprint density at radius 1 is 1.03 bits per heavy atom. The zero-order chi connectivity index (χ0) is 24.4. The number of aromatic amines is 1. The highest BCUT2D eigenvalue weighted by atomic mass is 19.4. The molecule has 0 unspecified atom stereocenters. The largest absolute Gasteiger partial charge is 0.573 e. The second-order valence-electron chi connectivity index (χ2n) is 6.10. The topological polar surface area (TPSA) is 99.2 Å². The van der Waals surface area contributed by atoms with Gasteiger partial charge in [0.15, 0.2) is 21.8 Å². The Morgan fingerprint density at radius 2 is 1.67 bits per heavy atom. The lowest BCUT2D eigenvalue weighted by Crippen LogP contribution is -2.22. The molecule has 1 aromatic carbocycles. The Labute approximate surface area is 178 Å². The summed E-state index contributed by atoms with van der Waals surface area (Å²) >= 11 is 0. The zero-order valence-corrected chi connectivity index (χ0v) is 15.8. The second kappa shape index (κ2) is 8.76. The van der Waals surface area contributed by atoms with Gasteiger partial charge in [-0.25, -0.2) is 9.37 Å². The molecule has 15 heteroatoms. The molecule has 2 N–H and O–H groups in total. The molecule has 2 heterocycles. The number of carbonyl (C=O) groups is 1. The lowest BCUT2D eigenvalue weighted by molar-refractivity contribution is -0.564. The number of benzene rings is 1. The van der Waals surface area contributed by atoms with Crippen LogP contribution in [0.2, 0.25) is 0 Å². The van der Waals surface area contributed by atoms with Crippen molar-refractivity contribution < 1.29 is 49.5 Å². The fraction of sp³-hybridized carbons (Fsp3) is 0.111. The second-order valence-corrected chi connectivity index (χ2v) is 6.10. The first-order valence-electron chi connectivity index (χ1n) is 8.55. The molecule has 8 nitrogen and oxygen atoms in total. The Bertz CT molecular complexity index is 1200. The molecule has 3 rings (SSSR count). The number of pyridine rings is 1. The molecule has 0 aliphatic heterocycles. The van der Waals surface area contributed by atoms with Crippen molar-refractivity contribution in [3.63, 3.8) is 0 Å². The van der Waals surface area contributed by atoms with Gasteiger partial charge in [-0.1, -0.05) is 0 Å². The SMILES string of the molecule is O=C(Nc1cc[n+](=O)[nH]c1)c1c(Oc2ccc(OC(F)(F)F)cc2)cnc(C(F)(F)F)c1F. The van der Waals surface area contributed by atoms with E-state index in [1.807, 2.05) is 0 Å². The number of halogens is 7. The summed E-state index contributed by atoms with van der Waals surface area (Å²) in [6.07, 6.45) is -7.88. The number of carbonyl (C=O) groups excluding carboxylic acids is 1. The Hall–Kier alpha value is -4.17. The fourth-order valence-corrected chi connectivity index (χ4v) is 2.44. The van der Waals surface area contributed by atoms with Crippen LogP contribution >= 0.6 is 0 Å². The third-order valence-electron chi connectivity index (χ3n) is 3.76. The van der Waals surface area contributed by atoms with E-state index in [1.165, 1.54) is 0 Å². The predicted molar refractivity (Wildman–Crippen MR) is 94.5 cm³/mol. The minimum atomic E-state index is -5.25. The number of hydrogen-bond donors (Lipinski definition) is 2. The van der Waals surface area contributed by atoms with Crippen LogP contribution in [0.1, 0.15) is 16.1 Å². The maximum atomic E-state index is 14.7. The highest BCUT2D eigenvalue weighted by Gasteiger charge is 2.39. The molecular weight excluding hydrogens is 469 g/mol. The van der Waals surface area contributed by atoms with Crippen molar-refractivity contribution in [3.05, 3.63) is 70.9 Å². The number of hydrogen-bond acceptors (Lipinski definition) is 5. The molecule has 0 aliphatic rings. The smallest absolute Gasteiger partial charge is 0.455 e. The van der Waals surface area contributed by atoms with Crippen LogP contribution in [-0.2, 0) is 6.18 Å². The fourth-order valence-electron chi connectivity index (χ4n) is 2.44. The number of nitrogens with one attached hydrogen (secondary N) is 2. The number of rotatable bonds is 5. The van der Waals surface area contributed by atoms with Gasteiger partial charge in [0.2, 0.25) is 0 Å². The summed E-state index contributed by atoms with van der Waals surface area (Å²) in [4.78, 5) is 26.5. The van der Waals surface area contributed by atoms with E-state index in [9.17, 15) is 40.4 Å². The summed E-state index contributed by atoms with van der Waals surface area (Å²) < 4.78 is 99.8. The molecule has 0 radical (unpaired) electrons. The van der Waals surface area contributed by atoms with Gasteiger partial charge in [-0.05, 0) is 24.3 Å². The van der Waals surface area contributed by atoms with E-state index < -0.39 is 47.0 Å². The van der Waals surface area contributed by atoms with Crippen LogP contribution in [0, 0.1) is 10.7 Å². The molecule has 0 spiro atoms. The van der Waals surface area contributed by atoms with Crippen molar-refractivity contribution in [2.75, 3.05) is 5.32 Å². The van der Waals surface area contributed by atoms with Crippen LogP contribution in [0.25, 0.3) is 0 Å². The van der Waals surface area contributed by atoms with Gasteiger partial charge in [-0.3, -0.25) is 4.79 Å². The summed E-state index contributed by atoms with van der Waals surface area (Å²) in [6.45, 7) is 0. The molecule has 0 bridgehead atoms. The molecule has 0 fully saturated rings. The van der Waals surface area contributed by atoms with E-state index in [0.717, 1.165) is 42.7 Å². The van der Waals surface area contributed by atoms with Gasteiger partial charge >= 0.3 is 12.5 Å². The zero-order valence-electron chi connectivity index (χ0n) is 15.8. The van der Waals surface area contributed by atoms with Gasteiger partial charge in [0.25, 0.3) is 12.1 Å². The summed E-state index contributed by atoms with van der Waals surface area (Å²) in [7, 11) is 0. The third-order valence-corrected chi connectivity index (χ3v) is 3.76. The third kappa shape index (κ3) is 5.96. The van der Waals surface area contributed by atoms with Crippen LogP contribution in [0.3, 0.4) is 0 Å². The van der Waals surface area contributed by atoms with E-state index in [0.29, 0.717) is 6.20 Å². The summed E-state index contributed by atoms with van der Waals surface area (Å²) in [5.74, 6) is -5.08. The quantitative estimate of drug-likeness (QED) is 0.417. The first-order chi connectivity index (χ1) is 15.3. The lowest BCUT2D eigenvalue weighted by atomic mass is 10.1. The first-order valence-corrected chi connectivity index (χ1v) is 8.55. The number of nitrogens with zero attached hydrogens (tertiary/aromatic N) is 2. The van der Waals surface area contributed by atoms with Crippen molar-refractivity contribution in [1.29, 1.82) is 0 Å². The Kier molecular flexibility index (Phi) is 6.23. The molecule has 2 aromatic heterocycles. The molecular formula is C18H10F7N4O4+. The van der Waals surface area contributed by atoms with Crippen LogP contribution in [-0.4, -0.2) is 22.4 Å². The van der Waals surface area contributed by atoms with E-state index in [1.54, 1.807) is 0 Å². The van der Waals surface area contributed by atoms with Gasteiger partial charge < -0.3 is 14.8 Å². The average molecular weight is 479 g/mol. The highest BCUT2D eigenvalue weighted by Crippen LogP contribution is 2.36. The minimum absolute atomic E-state index is 0.100. The molecule has 0 saturated carbocycles. The van der Waals surface area contributed by atoms with E-state index in [2.05, 4.69) is 20.1 Å². The Morgan fingerprint density at radius 3 is 2.21 bits per heavy atom. The number of aromatic nitrogens is 3. The number of amides is 1. The predicted octanol–water partition coefficient (Wildman–Crippen LogP) is 4.43. The van der Waals surface area contributed by atoms with Gasteiger partial charge in [0, 0.05) is 6.07 Å². The van der Waals surface area contributed by atoms with Crippen molar-refractivity contribution in [2.45, 2.75) is 12.5 Å². The maximum absolute atomic E-state index is 14.7. The normalized spacial score (nSPS) is 11.7. The van der Waals surface area contributed by atoms with Crippen molar-refractivity contribution in [1.82, 2.24) is 10.1 Å². The van der Waals surface area contributed by atoms with Gasteiger partial charge in [0.1, 0.15) is 17.1 Å². The standard InChI is InChI=1S/C18H9F7N4O4/c19-14-13(16(30)28-9-5-6-29(31)27-7-9)12(8-26-15(14)17(20,21)22)32-10-1-3-11(4-2-10)33-18(23,24)25/h1-8H,(H-,26,27,28,30,31)/p+1. The monoisotopic (exact) mass is 479 g/mol. The van der Waals surface area contributed by atoms with Gasteiger partial charge in [-0.15, -0.1) is 18.3 Å². The maximum Gasteiger partial charge on any atom is 0.573 e. The summed E-state index contributed by atoms with van der Waals surface area (Å²) in [6, 6.07) is 4.61. The van der Waals surface area contributed by atoms with Crippen molar-refractivity contribution in [2.24, 2.45) is 0 Å². The van der Waals surface area contributed by atoms with Crippen LogP contribution in [0.15, 0.2) is 48.9 Å². The number of anilines is 1. The van der Waals surface area contributed by atoms with Crippen molar-refractivity contribution in [3.8, 4) is 17.2 Å². The molecule has 174 valence electrons. The lowest BCUT2D eigenvalue weighted by Gasteiger charge is -2.15.